The molecule has 0 radical (unpaired) electrons. The SMILES string of the molecule is C[C@H](NC(=O)CN1CCN(c2cccc3c2cnn3-c2ccccc2F)C1=O)c1ccccc1. The molecule has 0 spiro atoms. The maximum absolute atomic E-state index is 14.3. The van der Waals surface area contributed by atoms with Gasteiger partial charge in [0, 0.05) is 18.5 Å². The van der Waals surface area contributed by atoms with Crippen molar-refractivity contribution in [3.8, 4) is 5.69 Å². The number of hydrogen-bond acceptors (Lipinski definition) is 3. The smallest absolute Gasteiger partial charge is 0.325 e. The molecule has 3 amide bonds. The van der Waals surface area contributed by atoms with Crippen molar-refractivity contribution in [2.24, 2.45) is 0 Å². The first-order valence-corrected chi connectivity index (χ1v) is 11.2. The number of amides is 3. The van der Waals surface area contributed by atoms with Gasteiger partial charge < -0.3 is 10.2 Å². The second kappa shape index (κ2) is 8.97. The first kappa shape index (κ1) is 21.6. The van der Waals surface area contributed by atoms with Crippen LogP contribution in [0.25, 0.3) is 16.6 Å². The van der Waals surface area contributed by atoms with Crippen LogP contribution in [0.15, 0.2) is 79.0 Å². The summed E-state index contributed by atoms with van der Waals surface area (Å²) in [4.78, 5) is 28.9. The zero-order valence-electron chi connectivity index (χ0n) is 18.7. The monoisotopic (exact) mass is 457 g/mol. The third-order valence-electron chi connectivity index (χ3n) is 6.07. The van der Waals surface area contributed by atoms with Crippen molar-refractivity contribution in [3.63, 3.8) is 0 Å². The summed E-state index contributed by atoms with van der Waals surface area (Å²) < 4.78 is 15.9. The van der Waals surface area contributed by atoms with E-state index in [9.17, 15) is 14.0 Å². The lowest BCUT2D eigenvalue weighted by atomic mass is 10.1. The number of halogens is 1. The van der Waals surface area contributed by atoms with Crippen LogP contribution in [0.1, 0.15) is 18.5 Å². The highest BCUT2D eigenvalue weighted by Gasteiger charge is 2.32. The van der Waals surface area contributed by atoms with Crippen LogP contribution < -0.4 is 10.2 Å². The molecular weight excluding hydrogens is 433 g/mol. The Morgan fingerprint density at radius 1 is 1.00 bits per heavy atom. The van der Waals surface area contributed by atoms with Gasteiger partial charge in [-0.3, -0.25) is 9.69 Å². The second-order valence-corrected chi connectivity index (χ2v) is 8.27. The number of benzene rings is 3. The lowest BCUT2D eigenvalue weighted by molar-refractivity contribution is -0.122. The van der Waals surface area contributed by atoms with Gasteiger partial charge in [-0.2, -0.15) is 5.10 Å². The van der Waals surface area contributed by atoms with Crippen molar-refractivity contribution in [2.75, 3.05) is 24.5 Å². The molecule has 0 aliphatic carbocycles. The van der Waals surface area contributed by atoms with E-state index in [4.69, 9.17) is 0 Å². The molecule has 1 N–H and O–H groups in total. The molecule has 0 unspecified atom stereocenters. The van der Waals surface area contributed by atoms with E-state index in [1.54, 1.807) is 29.3 Å². The Hall–Kier alpha value is -4.20. The van der Waals surface area contributed by atoms with E-state index in [-0.39, 0.29) is 30.3 Å². The predicted molar refractivity (Wildman–Crippen MR) is 128 cm³/mol. The largest absolute Gasteiger partial charge is 0.348 e. The Morgan fingerprint density at radius 3 is 2.53 bits per heavy atom. The van der Waals surface area contributed by atoms with Gasteiger partial charge in [0.1, 0.15) is 18.0 Å². The summed E-state index contributed by atoms with van der Waals surface area (Å²) in [5, 5.41) is 8.07. The number of carbonyl (C=O) groups is 2. The minimum absolute atomic E-state index is 0.0169. The van der Waals surface area contributed by atoms with Crippen LogP contribution >= 0.6 is 0 Å². The number of aromatic nitrogens is 2. The third kappa shape index (κ3) is 3.98. The zero-order chi connectivity index (χ0) is 23.7. The molecule has 1 fully saturated rings. The maximum atomic E-state index is 14.3. The first-order valence-electron chi connectivity index (χ1n) is 11.2. The van der Waals surface area contributed by atoms with Crippen LogP contribution in [-0.2, 0) is 4.79 Å². The third-order valence-corrected chi connectivity index (χ3v) is 6.07. The molecule has 1 atom stereocenters. The van der Waals surface area contributed by atoms with Crippen LogP contribution in [0.5, 0.6) is 0 Å². The molecular formula is C26H24FN5O2. The number of carbonyl (C=O) groups excluding carboxylic acids is 2. The van der Waals surface area contributed by atoms with Gasteiger partial charge in [-0.25, -0.2) is 13.9 Å². The Bertz CT molecular complexity index is 1350. The summed E-state index contributed by atoms with van der Waals surface area (Å²) in [5.74, 6) is -0.589. The quantitative estimate of drug-likeness (QED) is 0.470. The minimum Gasteiger partial charge on any atom is -0.348 e. The zero-order valence-corrected chi connectivity index (χ0v) is 18.7. The van der Waals surface area contributed by atoms with Gasteiger partial charge in [0.25, 0.3) is 0 Å². The number of fused-ring (bicyclic) bond motifs is 1. The number of para-hydroxylation sites is 1. The van der Waals surface area contributed by atoms with Crippen LogP contribution in [0, 0.1) is 5.82 Å². The van der Waals surface area contributed by atoms with Gasteiger partial charge in [0.05, 0.1) is 23.4 Å². The summed E-state index contributed by atoms with van der Waals surface area (Å²) >= 11 is 0. The van der Waals surface area contributed by atoms with Gasteiger partial charge in [0.2, 0.25) is 5.91 Å². The fourth-order valence-electron chi connectivity index (χ4n) is 4.33. The van der Waals surface area contributed by atoms with E-state index >= 15 is 0 Å². The fourth-order valence-corrected chi connectivity index (χ4v) is 4.33. The molecule has 1 aliphatic rings. The topological polar surface area (TPSA) is 70.5 Å². The van der Waals surface area contributed by atoms with Crippen molar-refractivity contribution in [2.45, 2.75) is 13.0 Å². The van der Waals surface area contributed by atoms with Crippen LogP contribution in [0.2, 0.25) is 0 Å². The molecule has 2 heterocycles. The lowest BCUT2D eigenvalue weighted by Gasteiger charge is -2.20. The van der Waals surface area contributed by atoms with Crippen LogP contribution in [0.3, 0.4) is 0 Å². The van der Waals surface area contributed by atoms with Gasteiger partial charge >= 0.3 is 6.03 Å². The molecule has 0 saturated carbocycles. The standard InChI is InChI=1S/C26H24FN5O2/c1-18(19-8-3-2-4-9-19)29-25(33)17-30-14-15-31(26(30)34)22-12-7-13-23-20(22)16-28-32(23)24-11-6-5-10-21(24)27/h2-13,16,18H,14-15,17H2,1H3,(H,29,33)/t18-/m0/s1. The van der Waals surface area contributed by atoms with E-state index in [1.165, 1.54) is 15.6 Å². The van der Waals surface area contributed by atoms with E-state index in [0.717, 1.165) is 10.9 Å². The Morgan fingerprint density at radius 2 is 1.74 bits per heavy atom. The second-order valence-electron chi connectivity index (χ2n) is 8.27. The Kier molecular flexibility index (Phi) is 5.71. The van der Waals surface area contributed by atoms with Crippen LogP contribution in [0.4, 0.5) is 14.9 Å². The summed E-state index contributed by atoms with van der Waals surface area (Å²) in [5.41, 5.74) is 2.73. The number of nitrogens with zero attached hydrogens (tertiary/aromatic N) is 4. The molecule has 7 nitrogen and oxygen atoms in total. The molecule has 34 heavy (non-hydrogen) atoms. The fraction of sp³-hybridized carbons (Fsp3) is 0.192. The van der Waals surface area contributed by atoms with Crippen LogP contribution in [-0.4, -0.2) is 46.3 Å². The number of urea groups is 1. The summed E-state index contributed by atoms with van der Waals surface area (Å²) in [6, 6.07) is 21.2. The Balaban J connectivity index is 1.33. The number of anilines is 1. The molecule has 5 rings (SSSR count). The van der Waals surface area contributed by atoms with Crippen molar-refractivity contribution in [3.05, 3.63) is 90.4 Å². The number of hydrogen-bond donors (Lipinski definition) is 1. The lowest BCUT2D eigenvalue weighted by Crippen LogP contribution is -2.40. The average molecular weight is 458 g/mol. The summed E-state index contributed by atoms with van der Waals surface area (Å²) in [6.07, 6.45) is 1.64. The molecule has 3 aromatic carbocycles. The van der Waals surface area contributed by atoms with E-state index in [1.807, 2.05) is 55.5 Å². The molecule has 1 saturated heterocycles. The molecule has 0 bridgehead atoms. The summed E-state index contributed by atoms with van der Waals surface area (Å²) in [7, 11) is 0. The molecule has 172 valence electrons. The number of rotatable bonds is 6. The van der Waals surface area contributed by atoms with Crippen molar-refractivity contribution < 1.29 is 14.0 Å². The van der Waals surface area contributed by atoms with Crippen molar-refractivity contribution >= 4 is 28.5 Å². The highest BCUT2D eigenvalue weighted by molar-refractivity contribution is 6.04. The van der Waals surface area contributed by atoms with E-state index < -0.39 is 0 Å². The van der Waals surface area contributed by atoms with Gasteiger partial charge in [-0.1, -0.05) is 48.5 Å². The maximum Gasteiger partial charge on any atom is 0.325 e. The Labute approximate surface area is 196 Å². The molecule has 1 aromatic heterocycles. The normalized spacial score (nSPS) is 14.6. The highest BCUT2D eigenvalue weighted by Crippen LogP contribution is 2.31. The highest BCUT2D eigenvalue weighted by atomic mass is 19.1. The predicted octanol–water partition coefficient (Wildman–Crippen LogP) is 4.28. The van der Waals surface area contributed by atoms with Gasteiger partial charge in [-0.05, 0) is 36.8 Å². The van der Waals surface area contributed by atoms with Gasteiger partial charge in [-0.15, -0.1) is 0 Å². The van der Waals surface area contributed by atoms with Crippen molar-refractivity contribution in [1.29, 1.82) is 0 Å². The molecule has 4 aromatic rings. The van der Waals surface area contributed by atoms with E-state index in [2.05, 4.69) is 10.4 Å². The van der Waals surface area contributed by atoms with E-state index in [0.29, 0.717) is 30.0 Å². The number of nitrogens with one attached hydrogen (secondary N) is 1. The first-order chi connectivity index (χ1) is 16.5. The average Bonchev–Trinajstić information content (AvgIpc) is 3.43. The van der Waals surface area contributed by atoms with Crippen molar-refractivity contribution in [1.82, 2.24) is 20.0 Å². The minimum atomic E-state index is -0.378. The van der Waals surface area contributed by atoms with Gasteiger partial charge in [0.15, 0.2) is 0 Å². The molecule has 8 heteroatoms. The molecule has 1 aliphatic heterocycles. The summed E-state index contributed by atoms with van der Waals surface area (Å²) in [6.45, 7) is 2.78.